The van der Waals surface area contributed by atoms with Crippen LogP contribution >= 0.6 is 0 Å². The van der Waals surface area contributed by atoms with Crippen LogP contribution in [0.25, 0.3) is 55.5 Å². The lowest BCUT2D eigenvalue weighted by molar-refractivity contribution is 0.0382. The van der Waals surface area contributed by atoms with Gasteiger partial charge < -0.3 is 23.9 Å². The Morgan fingerprint density at radius 1 is 0.585 bits per heavy atom. The molecule has 65 heavy (non-hydrogen) atoms. The minimum absolute atomic E-state index is 0.611. The molecule has 0 radical (unpaired) electrons. The lowest BCUT2D eigenvalue weighted by Gasteiger charge is -2.29. The summed E-state index contributed by atoms with van der Waals surface area (Å²) < 4.78 is 15.7. The van der Waals surface area contributed by atoms with Gasteiger partial charge in [-0.1, -0.05) is 60.7 Å². The van der Waals surface area contributed by atoms with Crippen LogP contribution in [0.3, 0.4) is 0 Å². The highest BCUT2D eigenvalue weighted by molar-refractivity contribution is 5.95. The molecule has 4 aliphatic rings. The second kappa shape index (κ2) is 20.7. The van der Waals surface area contributed by atoms with Crippen LogP contribution in [-0.4, -0.2) is 132 Å². The Labute approximate surface area is 386 Å². The lowest BCUT2D eigenvalue weighted by atomic mass is 9.96. The lowest BCUT2D eigenvalue weighted by Crippen LogP contribution is -2.37. The summed E-state index contributed by atoms with van der Waals surface area (Å²) in [4.78, 5) is 17.5. The van der Waals surface area contributed by atoms with Crippen molar-refractivity contribution in [3.8, 4) is 22.5 Å². The molecular formula is C55H70N8O2. The van der Waals surface area contributed by atoms with Crippen molar-refractivity contribution < 1.29 is 9.47 Å². The predicted molar refractivity (Wildman–Crippen MR) is 268 cm³/mol. The molecule has 4 aromatic heterocycles. The average molecular weight is 875 g/mol. The van der Waals surface area contributed by atoms with E-state index in [1.165, 1.54) is 66.6 Å². The fourth-order valence-corrected chi connectivity index (χ4v) is 10.1. The monoisotopic (exact) mass is 875 g/mol. The molecule has 0 atom stereocenters. The topological polar surface area (TPSA) is 75.8 Å². The van der Waals surface area contributed by atoms with E-state index in [1.54, 1.807) is 0 Å². The number of rotatable bonds is 11. The van der Waals surface area contributed by atoms with E-state index in [1.807, 2.05) is 0 Å². The molecule has 0 spiro atoms. The summed E-state index contributed by atoms with van der Waals surface area (Å²) in [6, 6.07) is 27.8. The first-order valence-corrected chi connectivity index (χ1v) is 24.2. The Kier molecular flexibility index (Phi) is 14.4. The summed E-state index contributed by atoms with van der Waals surface area (Å²) in [5.74, 6) is 0. The maximum atomic E-state index is 5.50. The summed E-state index contributed by atoms with van der Waals surface area (Å²) in [7, 11) is 4.38. The van der Waals surface area contributed by atoms with E-state index in [-0.39, 0.29) is 0 Å². The smallest absolute Gasteiger partial charge is 0.0799 e. The van der Waals surface area contributed by atoms with Crippen molar-refractivity contribution in [1.82, 2.24) is 39.1 Å². The molecule has 6 aromatic rings. The van der Waals surface area contributed by atoms with Crippen LogP contribution < -0.4 is 5.32 Å². The zero-order valence-electron chi connectivity index (χ0n) is 39.8. The van der Waals surface area contributed by atoms with Gasteiger partial charge in [0.15, 0.2) is 0 Å². The van der Waals surface area contributed by atoms with E-state index in [0.717, 1.165) is 140 Å². The number of nitrogens with one attached hydrogen (secondary N) is 1. The minimum Gasteiger partial charge on any atom is -0.379 e. The van der Waals surface area contributed by atoms with Crippen LogP contribution in [-0.2, 0) is 36.4 Å². The molecule has 0 amide bonds. The van der Waals surface area contributed by atoms with Gasteiger partial charge in [-0.3, -0.25) is 24.7 Å². The Morgan fingerprint density at radius 2 is 1.05 bits per heavy atom. The average Bonchev–Trinajstić information content (AvgIpc) is 3.84. The number of aromatic nitrogens is 4. The predicted octanol–water partition coefficient (Wildman–Crippen LogP) is 8.72. The summed E-state index contributed by atoms with van der Waals surface area (Å²) in [6.45, 7) is 22.7. The Hall–Kier alpha value is -4.94. The van der Waals surface area contributed by atoms with Gasteiger partial charge in [0.1, 0.15) is 0 Å². The number of hydrogen-bond acceptors (Lipinski definition) is 8. The molecule has 4 aliphatic heterocycles. The molecule has 10 rings (SSSR count). The van der Waals surface area contributed by atoms with Gasteiger partial charge in [0.2, 0.25) is 0 Å². The standard InChI is InChI=1S/C29H38N4O.C26H32N4O/c1-21(2)33-13-9-24(10-14-33)23-5-7-25(8-6-23)29-27-20-26(11-12-32-15-17-34-18-16-32)31(4)28(27)19-22(3)30-29;1-19-17-25-24(18-23(29(25)2)9-12-30-13-15-31-16-14-30)26(28-19)22-5-3-20(4-6-22)21-7-10-27-11-8-21/h5-9,19-21H,10-18H2,1-4H3;3-7,17-18,27H,8-16H2,1-2H3. The van der Waals surface area contributed by atoms with Crippen LogP contribution in [0.15, 0.2) is 84.9 Å². The van der Waals surface area contributed by atoms with Crippen molar-refractivity contribution in [3.63, 3.8) is 0 Å². The maximum absolute atomic E-state index is 5.50. The van der Waals surface area contributed by atoms with Gasteiger partial charge in [0.05, 0.1) is 48.8 Å². The van der Waals surface area contributed by atoms with Crippen molar-refractivity contribution >= 4 is 33.0 Å². The number of nitrogens with zero attached hydrogens (tertiary/aromatic N) is 7. The molecule has 10 nitrogen and oxygen atoms in total. The molecule has 342 valence electrons. The molecule has 2 fully saturated rings. The fraction of sp³-hybridized carbons (Fsp3) is 0.455. The molecule has 0 saturated carbocycles. The van der Waals surface area contributed by atoms with Crippen molar-refractivity contribution in [1.29, 1.82) is 0 Å². The minimum atomic E-state index is 0.611. The quantitative estimate of drug-likeness (QED) is 0.139. The van der Waals surface area contributed by atoms with Crippen LogP contribution in [0.1, 0.15) is 60.6 Å². The van der Waals surface area contributed by atoms with E-state index in [4.69, 9.17) is 19.4 Å². The van der Waals surface area contributed by atoms with E-state index < -0.39 is 0 Å². The normalized spacial score (nSPS) is 18.0. The highest BCUT2D eigenvalue weighted by atomic mass is 16.5. The zero-order chi connectivity index (χ0) is 44.9. The Morgan fingerprint density at radius 3 is 1.46 bits per heavy atom. The molecule has 2 saturated heterocycles. The number of pyridine rings is 2. The second-order valence-electron chi connectivity index (χ2n) is 18.8. The molecule has 8 heterocycles. The van der Waals surface area contributed by atoms with Gasteiger partial charge in [-0.05, 0) is 93.6 Å². The number of benzene rings is 2. The summed E-state index contributed by atoms with van der Waals surface area (Å²) in [5, 5.41) is 5.89. The number of hydrogen-bond donors (Lipinski definition) is 1. The molecule has 1 N–H and O–H groups in total. The van der Waals surface area contributed by atoms with Crippen molar-refractivity contribution in [2.24, 2.45) is 14.1 Å². The maximum Gasteiger partial charge on any atom is 0.0799 e. The molecule has 2 aromatic carbocycles. The van der Waals surface area contributed by atoms with Crippen LogP contribution in [0.5, 0.6) is 0 Å². The van der Waals surface area contributed by atoms with Crippen LogP contribution in [0.2, 0.25) is 0 Å². The van der Waals surface area contributed by atoms with Crippen molar-refractivity contribution in [3.05, 3.63) is 119 Å². The second-order valence-corrected chi connectivity index (χ2v) is 18.8. The fourth-order valence-electron chi connectivity index (χ4n) is 10.1. The summed E-state index contributed by atoms with van der Waals surface area (Å²) >= 11 is 0. The van der Waals surface area contributed by atoms with E-state index in [9.17, 15) is 0 Å². The largest absolute Gasteiger partial charge is 0.379 e. The number of fused-ring (bicyclic) bond motifs is 2. The van der Waals surface area contributed by atoms with Gasteiger partial charge in [-0.15, -0.1) is 0 Å². The molecule has 0 bridgehead atoms. The Bertz CT molecular complexity index is 2620. The van der Waals surface area contributed by atoms with Crippen molar-refractivity contribution in [2.45, 2.75) is 59.4 Å². The highest BCUT2D eigenvalue weighted by Crippen LogP contribution is 2.34. The SMILES string of the molecule is Cc1cc2c(cc(CCN3CCOCC3)n2C)c(-c2ccc(C3=CCN(C(C)C)CC3)cc2)n1.Cc1cc2c(cc(CCN3CCOCC3)n2C)c(-c2ccc(C3=CCNCC3)cc2)n1. The van der Waals surface area contributed by atoms with Crippen LogP contribution in [0.4, 0.5) is 0 Å². The highest BCUT2D eigenvalue weighted by Gasteiger charge is 2.20. The molecular weight excluding hydrogens is 805 g/mol. The third-order valence-corrected chi connectivity index (χ3v) is 14.2. The van der Waals surface area contributed by atoms with Gasteiger partial charge >= 0.3 is 0 Å². The van der Waals surface area contributed by atoms with E-state index in [2.05, 4.69) is 156 Å². The zero-order valence-corrected chi connectivity index (χ0v) is 39.8. The Balaban J connectivity index is 0.000000165. The molecule has 0 unspecified atom stereocenters. The number of aryl methyl sites for hydroxylation is 4. The van der Waals surface area contributed by atoms with Gasteiger partial charge in [0.25, 0.3) is 0 Å². The molecule has 10 heteroatoms. The van der Waals surface area contributed by atoms with Crippen molar-refractivity contribution in [2.75, 3.05) is 91.9 Å². The first kappa shape index (κ1) is 45.2. The third kappa shape index (κ3) is 10.5. The number of morpholine rings is 2. The van der Waals surface area contributed by atoms with Crippen LogP contribution in [0, 0.1) is 13.8 Å². The van der Waals surface area contributed by atoms with Gasteiger partial charge in [0, 0.05) is 137 Å². The first-order chi connectivity index (χ1) is 31.7. The van der Waals surface area contributed by atoms with E-state index >= 15 is 0 Å². The summed E-state index contributed by atoms with van der Waals surface area (Å²) in [6.07, 6.45) is 9.02. The third-order valence-electron chi connectivity index (χ3n) is 14.2. The van der Waals surface area contributed by atoms with Gasteiger partial charge in [-0.2, -0.15) is 0 Å². The number of ether oxygens (including phenoxy) is 2. The molecule has 0 aliphatic carbocycles. The first-order valence-electron chi connectivity index (χ1n) is 24.2. The van der Waals surface area contributed by atoms with Gasteiger partial charge in [-0.25, -0.2) is 0 Å². The van der Waals surface area contributed by atoms with E-state index in [0.29, 0.717) is 6.04 Å². The summed E-state index contributed by atoms with van der Waals surface area (Å²) in [5.41, 5.74) is 17.6.